The molecule has 0 saturated heterocycles. The highest BCUT2D eigenvalue weighted by atomic mass is 16.5. The van der Waals surface area contributed by atoms with Crippen molar-refractivity contribution in [3.63, 3.8) is 0 Å². The van der Waals surface area contributed by atoms with Crippen LogP contribution in [-0.4, -0.2) is 26.9 Å². The molecule has 0 fully saturated rings. The molecule has 0 atom stereocenters. The van der Waals surface area contributed by atoms with Gasteiger partial charge in [-0.2, -0.15) is 5.10 Å². The van der Waals surface area contributed by atoms with Gasteiger partial charge in [0.05, 0.1) is 17.2 Å². The van der Waals surface area contributed by atoms with Crippen LogP contribution in [0, 0.1) is 0 Å². The van der Waals surface area contributed by atoms with Crippen LogP contribution < -0.4 is 15.3 Å². The van der Waals surface area contributed by atoms with Crippen molar-refractivity contribution in [3.05, 3.63) is 89.0 Å². The highest BCUT2D eigenvalue weighted by Gasteiger charge is 2.06. The van der Waals surface area contributed by atoms with Crippen LogP contribution in [-0.2, 0) is 17.8 Å². The lowest BCUT2D eigenvalue weighted by Gasteiger charge is -2.10. The molecular weight excluding hydrogens is 466 g/mol. The molecule has 4 aromatic rings. The molecule has 0 saturated carbocycles. The molecule has 0 radical (unpaired) electrons. The second kappa shape index (κ2) is 13.4. The molecule has 2 aromatic carbocycles. The van der Waals surface area contributed by atoms with E-state index in [1.54, 1.807) is 18.2 Å². The zero-order valence-electron chi connectivity index (χ0n) is 21.2. The molecule has 0 aliphatic heterocycles. The normalized spacial score (nSPS) is 11.1. The minimum absolute atomic E-state index is 0.0909. The summed E-state index contributed by atoms with van der Waals surface area (Å²) in [4.78, 5) is 22.5. The van der Waals surface area contributed by atoms with E-state index in [1.165, 1.54) is 44.2 Å². The van der Waals surface area contributed by atoms with E-state index in [-0.39, 0.29) is 5.43 Å². The Morgan fingerprint density at radius 2 is 1.54 bits per heavy atom. The predicted octanol–water partition coefficient (Wildman–Crippen LogP) is 4.68. The summed E-state index contributed by atoms with van der Waals surface area (Å²) < 4.78 is 9.26. The van der Waals surface area contributed by atoms with Gasteiger partial charge in [0.1, 0.15) is 12.4 Å². The standard InChI is InChI=1S/C30H35N3O4/c34-29-19-22-32(28-13-9-8-12-27(28)29)21-10-6-4-2-1-3-5-7-11-24-18-20-31-33(24)25-14-16-26(17-15-25)37-23-30(35)36/h8-9,12-20,22H,1-7,10-11,21,23H2,(H,35,36)/p-1. The van der Waals surface area contributed by atoms with Crippen molar-refractivity contribution < 1.29 is 14.6 Å². The van der Waals surface area contributed by atoms with E-state index in [9.17, 15) is 14.7 Å². The third-order valence-corrected chi connectivity index (χ3v) is 6.63. The fraction of sp³-hybridized carbons (Fsp3) is 0.367. The van der Waals surface area contributed by atoms with Crippen LogP contribution in [0.5, 0.6) is 5.75 Å². The highest BCUT2D eigenvalue weighted by molar-refractivity contribution is 5.78. The van der Waals surface area contributed by atoms with Crippen molar-refractivity contribution in [3.8, 4) is 11.4 Å². The van der Waals surface area contributed by atoms with Crippen LogP contribution in [0.1, 0.15) is 57.1 Å². The maximum absolute atomic E-state index is 12.0. The molecule has 7 heteroatoms. The molecule has 0 spiro atoms. The second-order valence-corrected chi connectivity index (χ2v) is 9.36. The Balaban J connectivity index is 1.10. The average Bonchev–Trinajstić information content (AvgIpc) is 3.38. The van der Waals surface area contributed by atoms with Crippen LogP contribution >= 0.6 is 0 Å². The first-order valence-electron chi connectivity index (χ1n) is 13.2. The Kier molecular flexibility index (Phi) is 9.52. The van der Waals surface area contributed by atoms with E-state index in [2.05, 4.69) is 9.67 Å². The number of hydrogen-bond donors (Lipinski definition) is 0. The fourth-order valence-corrected chi connectivity index (χ4v) is 4.68. The molecule has 0 N–H and O–H groups in total. The lowest BCUT2D eigenvalue weighted by molar-refractivity contribution is -0.307. The van der Waals surface area contributed by atoms with Crippen LogP contribution in [0.3, 0.4) is 0 Å². The number of carbonyl (C=O) groups is 1. The molecule has 194 valence electrons. The van der Waals surface area contributed by atoms with E-state index in [0.717, 1.165) is 42.4 Å². The highest BCUT2D eigenvalue weighted by Crippen LogP contribution is 2.18. The Hall–Kier alpha value is -3.87. The van der Waals surface area contributed by atoms with E-state index >= 15 is 0 Å². The van der Waals surface area contributed by atoms with Crippen molar-refractivity contribution in [2.45, 2.75) is 64.3 Å². The van der Waals surface area contributed by atoms with Gasteiger partial charge in [0.25, 0.3) is 0 Å². The van der Waals surface area contributed by atoms with Crippen LogP contribution in [0.2, 0.25) is 0 Å². The number of carboxylic acid groups (broad SMARTS) is 1. The van der Waals surface area contributed by atoms with E-state index in [4.69, 9.17) is 4.74 Å². The minimum atomic E-state index is -1.24. The molecule has 0 aliphatic carbocycles. The SMILES string of the molecule is O=C([O-])COc1ccc(-n2nccc2CCCCCCCCCCn2ccc(=O)c3ccccc32)cc1. The van der Waals surface area contributed by atoms with Gasteiger partial charge in [-0.25, -0.2) is 4.68 Å². The van der Waals surface area contributed by atoms with Gasteiger partial charge in [0.2, 0.25) is 0 Å². The van der Waals surface area contributed by atoms with Gasteiger partial charge in [0, 0.05) is 36.1 Å². The third kappa shape index (κ3) is 7.56. The van der Waals surface area contributed by atoms with Gasteiger partial charge in [-0.3, -0.25) is 4.79 Å². The smallest absolute Gasteiger partial charge is 0.189 e. The molecule has 0 bridgehead atoms. The second-order valence-electron chi connectivity index (χ2n) is 9.36. The molecule has 0 amide bonds. The Labute approximate surface area is 217 Å². The fourth-order valence-electron chi connectivity index (χ4n) is 4.68. The van der Waals surface area contributed by atoms with E-state index in [1.807, 2.05) is 59.5 Å². The van der Waals surface area contributed by atoms with E-state index < -0.39 is 12.6 Å². The third-order valence-electron chi connectivity index (χ3n) is 6.63. The summed E-state index contributed by atoms with van der Waals surface area (Å²) in [7, 11) is 0. The molecule has 0 unspecified atom stereocenters. The monoisotopic (exact) mass is 500 g/mol. The first kappa shape index (κ1) is 26.2. The summed E-state index contributed by atoms with van der Waals surface area (Å²) in [6.07, 6.45) is 14.3. The molecule has 4 rings (SSSR count). The van der Waals surface area contributed by atoms with Gasteiger partial charge in [-0.05, 0) is 61.7 Å². The molecular formula is C30H34N3O4-. The summed E-state index contributed by atoms with van der Waals surface area (Å²) in [5, 5.41) is 15.8. The number of aryl methyl sites for hydroxylation is 2. The zero-order valence-corrected chi connectivity index (χ0v) is 21.2. The van der Waals surface area contributed by atoms with Crippen molar-refractivity contribution >= 4 is 16.9 Å². The summed E-state index contributed by atoms with van der Waals surface area (Å²) in [5.74, 6) is -0.748. The lowest BCUT2D eigenvalue weighted by Crippen LogP contribution is -2.28. The van der Waals surface area contributed by atoms with Crippen LogP contribution in [0.15, 0.2) is 77.9 Å². The Morgan fingerprint density at radius 3 is 2.30 bits per heavy atom. The largest absolute Gasteiger partial charge is 0.546 e. The van der Waals surface area contributed by atoms with Crippen molar-refractivity contribution in [1.29, 1.82) is 0 Å². The van der Waals surface area contributed by atoms with Crippen LogP contribution in [0.25, 0.3) is 16.6 Å². The number of nitrogens with zero attached hydrogens (tertiary/aromatic N) is 3. The number of rotatable bonds is 15. The number of benzene rings is 2. The number of carbonyl (C=O) groups excluding carboxylic acids is 1. The molecule has 7 nitrogen and oxygen atoms in total. The van der Waals surface area contributed by atoms with Crippen molar-refractivity contribution in [2.75, 3.05) is 6.61 Å². The van der Waals surface area contributed by atoms with Crippen molar-refractivity contribution in [2.24, 2.45) is 0 Å². The maximum atomic E-state index is 12.0. The first-order valence-corrected chi connectivity index (χ1v) is 13.2. The number of fused-ring (bicyclic) bond motifs is 1. The molecule has 2 aromatic heterocycles. The van der Waals surface area contributed by atoms with Crippen molar-refractivity contribution in [1.82, 2.24) is 14.3 Å². The molecule has 0 aliphatic rings. The number of unbranched alkanes of at least 4 members (excludes halogenated alkanes) is 7. The number of pyridine rings is 1. The number of ether oxygens (including phenoxy) is 1. The average molecular weight is 501 g/mol. The summed E-state index contributed by atoms with van der Waals surface area (Å²) in [5.41, 5.74) is 3.21. The van der Waals surface area contributed by atoms with Gasteiger partial charge in [-0.15, -0.1) is 0 Å². The van der Waals surface area contributed by atoms with Gasteiger partial charge < -0.3 is 19.2 Å². The summed E-state index contributed by atoms with van der Waals surface area (Å²) >= 11 is 0. The minimum Gasteiger partial charge on any atom is -0.546 e. The lowest BCUT2D eigenvalue weighted by atomic mass is 10.1. The van der Waals surface area contributed by atoms with Gasteiger partial charge >= 0.3 is 0 Å². The van der Waals surface area contributed by atoms with Crippen LogP contribution in [0.4, 0.5) is 0 Å². The Morgan fingerprint density at radius 1 is 0.838 bits per heavy atom. The van der Waals surface area contributed by atoms with E-state index in [0.29, 0.717) is 5.75 Å². The summed E-state index contributed by atoms with van der Waals surface area (Å²) in [6, 6.07) is 18.8. The number of aromatic nitrogens is 3. The number of carboxylic acids is 1. The number of hydrogen-bond acceptors (Lipinski definition) is 5. The zero-order chi connectivity index (χ0) is 25.9. The molecule has 37 heavy (non-hydrogen) atoms. The predicted molar refractivity (Wildman–Crippen MR) is 143 cm³/mol. The first-order chi connectivity index (χ1) is 18.1. The number of aliphatic carboxylic acids is 1. The Bertz CT molecular complexity index is 1340. The van der Waals surface area contributed by atoms with Gasteiger partial charge in [-0.1, -0.05) is 50.7 Å². The maximum Gasteiger partial charge on any atom is 0.189 e. The number of para-hydroxylation sites is 1. The quantitative estimate of drug-likeness (QED) is 0.221. The topological polar surface area (TPSA) is 89.2 Å². The molecule has 2 heterocycles. The summed E-state index contributed by atoms with van der Waals surface area (Å²) in [6.45, 7) is 0.491. The van der Waals surface area contributed by atoms with Gasteiger partial charge in [0.15, 0.2) is 5.43 Å².